The minimum atomic E-state index is -1.37. The van der Waals surface area contributed by atoms with Crippen molar-refractivity contribution in [3.05, 3.63) is 61.5 Å². The lowest BCUT2D eigenvalue weighted by molar-refractivity contribution is -0.117. The third-order valence-corrected chi connectivity index (χ3v) is 9.53. The molecule has 2 unspecified atom stereocenters. The molecule has 0 aromatic heterocycles. The zero-order valence-electron chi connectivity index (χ0n) is 16.6. The van der Waals surface area contributed by atoms with E-state index in [1.54, 1.807) is 18.2 Å². The maximum absolute atomic E-state index is 13.0. The van der Waals surface area contributed by atoms with Crippen LogP contribution in [0.25, 0.3) is 0 Å². The molecule has 176 valence electrons. The first-order chi connectivity index (χ1) is 15.5. The summed E-state index contributed by atoms with van der Waals surface area (Å²) in [5.74, 6) is -1.21. The van der Waals surface area contributed by atoms with Crippen LogP contribution in [0.3, 0.4) is 0 Å². The third kappa shape index (κ3) is 5.27. The van der Waals surface area contributed by atoms with Gasteiger partial charge in [0.1, 0.15) is 4.33 Å². The van der Waals surface area contributed by atoms with Crippen molar-refractivity contribution in [1.29, 1.82) is 0 Å². The molecule has 33 heavy (non-hydrogen) atoms. The number of anilines is 1. The fourth-order valence-corrected chi connectivity index (χ4v) is 6.92. The van der Waals surface area contributed by atoms with Gasteiger partial charge in [-0.1, -0.05) is 46.4 Å². The van der Waals surface area contributed by atoms with Crippen molar-refractivity contribution < 1.29 is 13.8 Å². The minimum Gasteiger partial charge on any atom is -0.348 e. The Morgan fingerprint density at radius 2 is 1.67 bits per heavy atom. The molecule has 4 atom stereocenters. The number of halogens is 6. The first kappa shape index (κ1) is 25.4. The van der Waals surface area contributed by atoms with Crippen molar-refractivity contribution in [2.75, 3.05) is 16.8 Å². The molecule has 5 nitrogen and oxygen atoms in total. The van der Waals surface area contributed by atoms with E-state index < -0.39 is 38.8 Å². The quantitative estimate of drug-likeness (QED) is 0.328. The fraction of sp³-hybridized carbons (Fsp3) is 0.333. The van der Waals surface area contributed by atoms with E-state index in [2.05, 4.69) is 10.6 Å². The normalized spacial score (nSPS) is 25.5. The molecule has 1 saturated heterocycles. The number of alkyl halides is 2. The number of hydrogen-bond acceptors (Lipinski definition) is 3. The van der Waals surface area contributed by atoms with Crippen LogP contribution in [-0.4, -0.2) is 37.9 Å². The number of amides is 2. The van der Waals surface area contributed by atoms with Gasteiger partial charge in [0.05, 0.1) is 31.6 Å². The molecular weight excluding hydrogens is 573 g/mol. The molecule has 1 aliphatic heterocycles. The van der Waals surface area contributed by atoms with Gasteiger partial charge in [0.25, 0.3) is 5.91 Å². The Balaban J connectivity index is 1.49. The van der Waals surface area contributed by atoms with E-state index in [1.807, 2.05) is 0 Å². The van der Waals surface area contributed by atoms with Gasteiger partial charge < -0.3 is 10.6 Å². The second-order valence-corrected chi connectivity index (χ2v) is 12.5. The highest BCUT2D eigenvalue weighted by Gasteiger charge is 2.67. The average molecular weight is 589 g/mol. The molecule has 2 fully saturated rings. The van der Waals surface area contributed by atoms with Gasteiger partial charge in [-0.3, -0.25) is 13.8 Å². The lowest BCUT2D eigenvalue weighted by atomic mass is 10.1. The van der Waals surface area contributed by atoms with E-state index in [0.717, 1.165) is 0 Å². The van der Waals surface area contributed by atoms with Gasteiger partial charge in [0, 0.05) is 40.0 Å². The summed E-state index contributed by atoms with van der Waals surface area (Å²) in [5.41, 5.74) is 1.13. The Kier molecular flexibility index (Phi) is 7.48. The average Bonchev–Trinajstić information content (AvgIpc) is 3.09. The van der Waals surface area contributed by atoms with Crippen LogP contribution in [0, 0.1) is 5.92 Å². The molecule has 4 rings (SSSR count). The number of nitrogens with one attached hydrogen (secondary N) is 2. The Labute approximate surface area is 222 Å². The van der Waals surface area contributed by atoms with Crippen molar-refractivity contribution in [3.8, 4) is 0 Å². The highest BCUT2D eigenvalue weighted by Crippen LogP contribution is 2.65. The van der Waals surface area contributed by atoms with Gasteiger partial charge in [-0.25, -0.2) is 0 Å². The lowest BCUT2D eigenvalue weighted by Crippen LogP contribution is -2.35. The van der Waals surface area contributed by atoms with E-state index in [9.17, 15) is 13.8 Å². The Hall–Kier alpha value is -0.730. The van der Waals surface area contributed by atoms with Crippen LogP contribution in [0.4, 0.5) is 5.69 Å². The van der Waals surface area contributed by atoms with Gasteiger partial charge in [0.15, 0.2) is 0 Å². The summed E-state index contributed by atoms with van der Waals surface area (Å²) in [7, 11) is -0.926. The van der Waals surface area contributed by atoms with E-state index in [1.165, 1.54) is 12.1 Å². The molecule has 1 saturated carbocycles. The van der Waals surface area contributed by atoms with Crippen molar-refractivity contribution in [2.45, 2.75) is 22.7 Å². The van der Waals surface area contributed by atoms with Crippen molar-refractivity contribution in [1.82, 2.24) is 5.32 Å². The molecule has 2 aliphatic rings. The number of carbonyl (C=O) groups is 2. The Bertz CT molecular complexity index is 1150. The van der Waals surface area contributed by atoms with Crippen LogP contribution >= 0.6 is 69.6 Å². The highest BCUT2D eigenvalue weighted by atomic mass is 35.5. The Morgan fingerprint density at radius 3 is 2.27 bits per heavy atom. The van der Waals surface area contributed by atoms with Gasteiger partial charge >= 0.3 is 0 Å². The smallest absolute Gasteiger partial charge is 0.253 e. The zero-order valence-corrected chi connectivity index (χ0v) is 22.0. The van der Waals surface area contributed by atoms with E-state index in [-0.39, 0.29) is 31.7 Å². The lowest BCUT2D eigenvalue weighted by Gasteiger charge is -2.13. The van der Waals surface area contributed by atoms with Crippen LogP contribution < -0.4 is 10.6 Å². The first-order valence-electron chi connectivity index (χ1n) is 9.77. The molecule has 2 N–H and O–H groups in total. The summed E-state index contributed by atoms with van der Waals surface area (Å²) in [6.07, 6.45) is 0.641. The summed E-state index contributed by atoms with van der Waals surface area (Å²) in [4.78, 5) is 25.6. The molecule has 1 aliphatic carbocycles. The molecule has 12 heteroatoms. The zero-order chi connectivity index (χ0) is 24.1. The van der Waals surface area contributed by atoms with Gasteiger partial charge in [-0.15, -0.1) is 23.2 Å². The molecular formula is C21H16Cl6N2O3S. The molecule has 2 amide bonds. The van der Waals surface area contributed by atoms with Crippen LogP contribution in [0.1, 0.15) is 28.3 Å². The van der Waals surface area contributed by atoms with Crippen molar-refractivity contribution >= 4 is 97.9 Å². The third-order valence-electron chi connectivity index (χ3n) is 5.60. The molecule has 2 aromatic rings. The minimum absolute atomic E-state index is 0.175. The SMILES string of the molecule is O=C(NC1CCS(=O)C1)c1cc(NC(=O)[C@@H]2[C@@H](c3cc(Cl)c(Cl)c(Cl)c3)C2(Cl)Cl)ccc1Cl. The summed E-state index contributed by atoms with van der Waals surface area (Å²) < 4.78 is 10.2. The second kappa shape index (κ2) is 9.73. The molecule has 2 aromatic carbocycles. The van der Waals surface area contributed by atoms with E-state index >= 15 is 0 Å². The molecule has 0 spiro atoms. The summed E-state index contributed by atoms with van der Waals surface area (Å²) in [6.45, 7) is 0. The molecule has 1 heterocycles. The van der Waals surface area contributed by atoms with Crippen LogP contribution in [0.5, 0.6) is 0 Å². The second-order valence-electron chi connectivity index (χ2n) is 7.88. The molecule has 0 bridgehead atoms. The Morgan fingerprint density at radius 1 is 1.00 bits per heavy atom. The van der Waals surface area contributed by atoms with Crippen LogP contribution in [-0.2, 0) is 15.6 Å². The maximum Gasteiger partial charge on any atom is 0.253 e. The summed E-state index contributed by atoms with van der Waals surface area (Å²) in [6, 6.07) is 7.53. The predicted molar refractivity (Wildman–Crippen MR) is 136 cm³/mol. The van der Waals surface area contributed by atoms with Crippen LogP contribution in [0.15, 0.2) is 30.3 Å². The number of rotatable bonds is 5. The van der Waals surface area contributed by atoms with Gasteiger partial charge in [-0.05, 0) is 42.3 Å². The summed E-state index contributed by atoms with van der Waals surface area (Å²) >= 11 is 37.2. The number of benzene rings is 2. The largest absolute Gasteiger partial charge is 0.348 e. The van der Waals surface area contributed by atoms with E-state index in [4.69, 9.17) is 69.6 Å². The number of hydrogen-bond donors (Lipinski definition) is 2. The number of carbonyl (C=O) groups excluding carboxylic acids is 2. The molecule has 0 radical (unpaired) electrons. The van der Waals surface area contributed by atoms with Crippen molar-refractivity contribution in [3.63, 3.8) is 0 Å². The highest BCUT2D eigenvalue weighted by molar-refractivity contribution is 7.85. The monoisotopic (exact) mass is 586 g/mol. The van der Waals surface area contributed by atoms with Gasteiger partial charge in [0.2, 0.25) is 5.91 Å². The van der Waals surface area contributed by atoms with E-state index in [0.29, 0.717) is 29.2 Å². The first-order valence-corrected chi connectivity index (χ1v) is 13.5. The van der Waals surface area contributed by atoms with Crippen molar-refractivity contribution in [2.24, 2.45) is 5.92 Å². The standard InChI is InChI=1S/C21H16Cl6N2O3S/c22-13-2-1-10(7-12(13)19(30)29-11-3-4-33(32)8-11)28-20(31)17-16(21(17,26)27)9-5-14(23)18(25)15(24)6-9/h1-2,5-7,11,16-17H,3-4,8H2,(H,28,31)(H,29,30)/t11?,16-,17+,33?/m1/s1. The van der Waals surface area contributed by atoms with Gasteiger partial charge in [-0.2, -0.15) is 0 Å². The topological polar surface area (TPSA) is 75.3 Å². The fourth-order valence-electron chi connectivity index (χ4n) is 3.86. The summed E-state index contributed by atoms with van der Waals surface area (Å²) in [5, 5.41) is 6.46. The van der Waals surface area contributed by atoms with Crippen LogP contribution in [0.2, 0.25) is 20.1 Å². The maximum atomic E-state index is 13.0. The predicted octanol–water partition coefficient (Wildman–Crippen LogP) is 6.08.